The van der Waals surface area contributed by atoms with Crippen LogP contribution in [0.4, 0.5) is 0 Å². The Morgan fingerprint density at radius 2 is 2.15 bits per heavy atom. The lowest BCUT2D eigenvalue weighted by Crippen LogP contribution is -2.28. The lowest BCUT2D eigenvalue weighted by atomic mass is 9.85. The van der Waals surface area contributed by atoms with Gasteiger partial charge in [-0.15, -0.1) is 12.4 Å². The highest BCUT2D eigenvalue weighted by Gasteiger charge is 2.35. The summed E-state index contributed by atoms with van der Waals surface area (Å²) in [5, 5.41) is 3.53. The van der Waals surface area contributed by atoms with E-state index in [0.717, 1.165) is 25.6 Å². The van der Waals surface area contributed by atoms with Crippen LogP contribution in [-0.4, -0.2) is 25.8 Å². The first-order valence-corrected chi connectivity index (χ1v) is 5.00. The maximum Gasteiger partial charge on any atom is 0.0621 e. The zero-order chi connectivity index (χ0) is 8.60. The van der Waals surface area contributed by atoms with Gasteiger partial charge < -0.3 is 10.1 Å². The maximum atomic E-state index is 5.73. The van der Waals surface area contributed by atoms with Gasteiger partial charge in [0, 0.05) is 19.7 Å². The van der Waals surface area contributed by atoms with Gasteiger partial charge >= 0.3 is 0 Å². The molecule has 2 fully saturated rings. The van der Waals surface area contributed by atoms with E-state index in [-0.39, 0.29) is 12.4 Å². The molecule has 2 heterocycles. The van der Waals surface area contributed by atoms with E-state index >= 15 is 0 Å². The highest BCUT2D eigenvalue weighted by molar-refractivity contribution is 5.85. The SMILES string of the molecule is CC1(C)CNCC2CCOC2C1.Cl. The third kappa shape index (κ3) is 2.58. The van der Waals surface area contributed by atoms with Crippen LogP contribution in [0.25, 0.3) is 0 Å². The first-order valence-electron chi connectivity index (χ1n) is 5.00. The molecule has 0 aromatic carbocycles. The van der Waals surface area contributed by atoms with Crippen molar-refractivity contribution in [1.82, 2.24) is 5.32 Å². The number of ether oxygens (including phenoxy) is 1. The fourth-order valence-electron chi connectivity index (χ4n) is 2.36. The largest absolute Gasteiger partial charge is 0.378 e. The summed E-state index contributed by atoms with van der Waals surface area (Å²) >= 11 is 0. The van der Waals surface area contributed by atoms with Crippen LogP contribution in [0.15, 0.2) is 0 Å². The van der Waals surface area contributed by atoms with E-state index in [1.54, 1.807) is 0 Å². The molecular formula is C10H20ClNO. The number of rotatable bonds is 0. The van der Waals surface area contributed by atoms with E-state index < -0.39 is 0 Å². The number of fused-ring (bicyclic) bond motifs is 1. The Kier molecular flexibility index (Phi) is 3.61. The fourth-order valence-corrected chi connectivity index (χ4v) is 2.36. The van der Waals surface area contributed by atoms with Gasteiger partial charge in [0.1, 0.15) is 0 Å². The van der Waals surface area contributed by atoms with Crippen LogP contribution in [0.3, 0.4) is 0 Å². The molecule has 2 saturated heterocycles. The molecular weight excluding hydrogens is 186 g/mol. The first kappa shape index (κ1) is 11.3. The average Bonchev–Trinajstić information content (AvgIpc) is 2.31. The Morgan fingerprint density at radius 3 is 2.92 bits per heavy atom. The summed E-state index contributed by atoms with van der Waals surface area (Å²) in [5.74, 6) is 0.784. The summed E-state index contributed by atoms with van der Waals surface area (Å²) in [5.41, 5.74) is 0.420. The van der Waals surface area contributed by atoms with Crippen LogP contribution in [0.2, 0.25) is 0 Å². The number of nitrogens with one attached hydrogen (secondary N) is 1. The molecule has 2 rings (SSSR count). The second kappa shape index (κ2) is 4.16. The van der Waals surface area contributed by atoms with Gasteiger partial charge in [0.2, 0.25) is 0 Å². The fraction of sp³-hybridized carbons (Fsp3) is 1.00. The molecule has 3 heteroatoms. The molecule has 0 bridgehead atoms. The standard InChI is InChI=1S/C10H19NO.ClH/c1-10(2)5-9-8(3-4-12-9)6-11-7-10;/h8-9,11H,3-7H2,1-2H3;1H. The summed E-state index contributed by atoms with van der Waals surface area (Å²) in [6, 6.07) is 0. The van der Waals surface area contributed by atoms with Gasteiger partial charge in [-0.05, 0) is 24.2 Å². The van der Waals surface area contributed by atoms with E-state index in [2.05, 4.69) is 19.2 Å². The summed E-state index contributed by atoms with van der Waals surface area (Å²) in [7, 11) is 0. The first-order chi connectivity index (χ1) is 5.67. The van der Waals surface area contributed by atoms with Gasteiger partial charge in [-0.1, -0.05) is 13.8 Å². The van der Waals surface area contributed by atoms with Crippen molar-refractivity contribution in [2.75, 3.05) is 19.7 Å². The zero-order valence-electron chi connectivity index (χ0n) is 8.51. The number of hydrogen-bond acceptors (Lipinski definition) is 2. The minimum atomic E-state index is 0. The second-order valence-electron chi connectivity index (χ2n) is 4.96. The Labute approximate surface area is 86.8 Å². The molecule has 13 heavy (non-hydrogen) atoms. The average molecular weight is 206 g/mol. The van der Waals surface area contributed by atoms with E-state index in [4.69, 9.17) is 4.74 Å². The Hall–Kier alpha value is 0.210. The smallest absolute Gasteiger partial charge is 0.0621 e. The van der Waals surface area contributed by atoms with Crippen LogP contribution in [-0.2, 0) is 4.74 Å². The maximum absolute atomic E-state index is 5.73. The van der Waals surface area contributed by atoms with Gasteiger partial charge in [-0.2, -0.15) is 0 Å². The molecule has 2 aliphatic heterocycles. The molecule has 0 aromatic rings. The Bertz CT molecular complexity index is 172. The zero-order valence-corrected chi connectivity index (χ0v) is 9.32. The van der Waals surface area contributed by atoms with Crippen molar-refractivity contribution in [3.05, 3.63) is 0 Å². The summed E-state index contributed by atoms with van der Waals surface area (Å²) in [6.45, 7) is 7.93. The van der Waals surface area contributed by atoms with E-state index in [0.29, 0.717) is 11.5 Å². The molecule has 0 saturated carbocycles. The molecule has 0 aromatic heterocycles. The molecule has 1 N–H and O–H groups in total. The van der Waals surface area contributed by atoms with Crippen LogP contribution in [0, 0.1) is 11.3 Å². The lowest BCUT2D eigenvalue weighted by molar-refractivity contribution is 0.0634. The van der Waals surface area contributed by atoms with Gasteiger partial charge in [0.05, 0.1) is 6.10 Å². The molecule has 0 radical (unpaired) electrons. The summed E-state index contributed by atoms with van der Waals surface area (Å²) in [4.78, 5) is 0. The topological polar surface area (TPSA) is 21.3 Å². The van der Waals surface area contributed by atoms with Crippen molar-refractivity contribution in [3.8, 4) is 0 Å². The molecule has 2 aliphatic rings. The quantitative estimate of drug-likeness (QED) is 0.652. The van der Waals surface area contributed by atoms with Crippen molar-refractivity contribution in [2.24, 2.45) is 11.3 Å². The molecule has 2 atom stereocenters. The van der Waals surface area contributed by atoms with Gasteiger partial charge in [-0.3, -0.25) is 0 Å². The highest BCUT2D eigenvalue weighted by Crippen LogP contribution is 2.33. The third-order valence-corrected chi connectivity index (χ3v) is 3.11. The van der Waals surface area contributed by atoms with Gasteiger partial charge in [0.25, 0.3) is 0 Å². The number of hydrogen-bond donors (Lipinski definition) is 1. The molecule has 0 spiro atoms. The summed E-state index contributed by atoms with van der Waals surface area (Å²) < 4.78 is 5.73. The predicted molar refractivity (Wildman–Crippen MR) is 56.4 cm³/mol. The van der Waals surface area contributed by atoms with Gasteiger partial charge in [0.15, 0.2) is 0 Å². The summed E-state index contributed by atoms with van der Waals surface area (Å²) in [6.07, 6.45) is 3.02. The molecule has 0 amide bonds. The monoisotopic (exact) mass is 205 g/mol. The van der Waals surface area contributed by atoms with Crippen molar-refractivity contribution in [3.63, 3.8) is 0 Å². The van der Waals surface area contributed by atoms with Crippen LogP contribution in [0.5, 0.6) is 0 Å². The van der Waals surface area contributed by atoms with E-state index in [1.165, 1.54) is 12.8 Å². The minimum Gasteiger partial charge on any atom is -0.378 e. The number of halogens is 1. The molecule has 2 nitrogen and oxygen atoms in total. The van der Waals surface area contributed by atoms with Crippen LogP contribution >= 0.6 is 12.4 Å². The molecule has 0 aliphatic carbocycles. The minimum absolute atomic E-state index is 0. The van der Waals surface area contributed by atoms with Gasteiger partial charge in [-0.25, -0.2) is 0 Å². The van der Waals surface area contributed by atoms with Crippen LogP contribution in [0.1, 0.15) is 26.7 Å². The highest BCUT2D eigenvalue weighted by atomic mass is 35.5. The van der Waals surface area contributed by atoms with Crippen molar-refractivity contribution >= 4 is 12.4 Å². The van der Waals surface area contributed by atoms with Crippen LogP contribution < -0.4 is 5.32 Å². The second-order valence-corrected chi connectivity index (χ2v) is 4.96. The van der Waals surface area contributed by atoms with Crippen molar-refractivity contribution in [1.29, 1.82) is 0 Å². The molecule has 2 unspecified atom stereocenters. The third-order valence-electron chi connectivity index (χ3n) is 3.11. The lowest BCUT2D eigenvalue weighted by Gasteiger charge is -2.25. The molecule has 78 valence electrons. The Morgan fingerprint density at radius 1 is 1.38 bits per heavy atom. The van der Waals surface area contributed by atoms with Crippen molar-refractivity contribution < 1.29 is 4.74 Å². The normalized spacial score (nSPS) is 37.4. The predicted octanol–water partition coefficient (Wildman–Crippen LogP) is 1.83. The van der Waals surface area contributed by atoms with E-state index in [1.807, 2.05) is 0 Å². The Balaban J connectivity index is 0.000000845. The van der Waals surface area contributed by atoms with Crippen molar-refractivity contribution in [2.45, 2.75) is 32.8 Å². The van der Waals surface area contributed by atoms with E-state index in [9.17, 15) is 0 Å².